The van der Waals surface area contributed by atoms with Crippen LogP contribution in [0, 0.1) is 0 Å². The summed E-state index contributed by atoms with van der Waals surface area (Å²) in [6.07, 6.45) is 1.88. The number of rotatable bonds is 0. The van der Waals surface area contributed by atoms with E-state index in [9.17, 15) is 0 Å². The summed E-state index contributed by atoms with van der Waals surface area (Å²) in [5, 5.41) is 0. The van der Waals surface area contributed by atoms with Gasteiger partial charge in [0.1, 0.15) is 0 Å². The third-order valence-electron chi connectivity index (χ3n) is 2.33. The van der Waals surface area contributed by atoms with Crippen LogP contribution in [0.5, 0.6) is 0 Å². The van der Waals surface area contributed by atoms with Crippen molar-refractivity contribution in [2.75, 3.05) is 0 Å². The molecule has 0 saturated heterocycles. The summed E-state index contributed by atoms with van der Waals surface area (Å²) in [5.74, 6) is 0. The number of hydrogen-bond acceptors (Lipinski definition) is 2. The van der Waals surface area contributed by atoms with Crippen LogP contribution in [0.15, 0.2) is 18.3 Å². The zero-order valence-electron chi connectivity index (χ0n) is 10.9. The summed E-state index contributed by atoms with van der Waals surface area (Å²) in [7, 11) is 0. The molecular formula is C13H24N2. The third kappa shape index (κ3) is 3.31. The lowest BCUT2D eigenvalue weighted by Crippen LogP contribution is -2.23. The van der Waals surface area contributed by atoms with Gasteiger partial charge in [-0.25, -0.2) is 0 Å². The van der Waals surface area contributed by atoms with E-state index < -0.39 is 0 Å². The van der Waals surface area contributed by atoms with E-state index in [0.717, 1.165) is 0 Å². The molecule has 3 N–H and O–H groups in total. The van der Waals surface area contributed by atoms with Gasteiger partial charge in [-0.3, -0.25) is 4.98 Å². The summed E-state index contributed by atoms with van der Waals surface area (Å²) in [6.45, 7) is 13.3. The molecule has 0 bridgehead atoms. The highest BCUT2D eigenvalue weighted by molar-refractivity contribution is 5.31. The van der Waals surface area contributed by atoms with Crippen molar-refractivity contribution in [3.05, 3.63) is 29.6 Å². The predicted molar refractivity (Wildman–Crippen MR) is 66.7 cm³/mol. The number of nitrogens with zero attached hydrogens (tertiary/aromatic N) is 1. The Balaban J connectivity index is 0.00000196. The molecule has 15 heavy (non-hydrogen) atoms. The molecule has 0 amide bonds. The highest BCUT2D eigenvalue weighted by atomic mass is 14.7. The average Bonchev–Trinajstić information content (AvgIpc) is 2.01. The molecule has 2 nitrogen and oxygen atoms in total. The van der Waals surface area contributed by atoms with Crippen LogP contribution in [0.2, 0.25) is 0 Å². The Labute approximate surface area is 93.7 Å². The van der Waals surface area contributed by atoms with Crippen molar-refractivity contribution in [2.24, 2.45) is 0 Å². The molecular weight excluding hydrogens is 184 g/mol. The normalized spacial score (nSPS) is 12.1. The van der Waals surface area contributed by atoms with Gasteiger partial charge >= 0.3 is 0 Å². The predicted octanol–water partition coefficient (Wildman–Crippen LogP) is 3.84. The van der Waals surface area contributed by atoms with Crippen molar-refractivity contribution >= 4 is 0 Å². The largest absolute Gasteiger partial charge is 0.344 e. The van der Waals surface area contributed by atoms with Gasteiger partial charge in [0.25, 0.3) is 0 Å². The highest BCUT2D eigenvalue weighted by Gasteiger charge is 2.25. The molecule has 1 heterocycles. The van der Waals surface area contributed by atoms with Gasteiger partial charge in [-0.05, 0) is 17.0 Å². The summed E-state index contributed by atoms with van der Waals surface area (Å²) in [6, 6.07) is 4.21. The maximum atomic E-state index is 4.52. The number of hydrogen-bond donors (Lipinski definition) is 1. The van der Waals surface area contributed by atoms with Crippen LogP contribution in [0.1, 0.15) is 52.8 Å². The minimum absolute atomic E-state index is 0. The average molecular weight is 208 g/mol. The summed E-state index contributed by atoms with van der Waals surface area (Å²) in [5.41, 5.74) is 2.88. The first-order valence-electron chi connectivity index (χ1n) is 5.19. The molecule has 0 saturated carbocycles. The topological polar surface area (TPSA) is 47.9 Å². The lowest BCUT2D eigenvalue weighted by molar-refractivity contribution is 0.514. The van der Waals surface area contributed by atoms with E-state index in [1.807, 2.05) is 12.3 Å². The van der Waals surface area contributed by atoms with Gasteiger partial charge in [-0.1, -0.05) is 47.6 Å². The van der Waals surface area contributed by atoms with E-state index in [0.29, 0.717) is 0 Å². The maximum absolute atomic E-state index is 4.52. The van der Waals surface area contributed by atoms with Gasteiger partial charge in [0, 0.05) is 17.3 Å². The molecule has 0 atom stereocenters. The molecule has 0 radical (unpaired) electrons. The molecule has 0 spiro atoms. The first-order chi connectivity index (χ1) is 6.23. The minimum atomic E-state index is 0. The Morgan fingerprint density at radius 2 is 1.47 bits per heavy atom. The number of pyridine rings is 1. The molecule has 2 heteroatoms. The SMILES string of the molecule is CC(C)(C)c1cccnc1C(C)(C)C.N. The van der Waals surface area contributed by atoms with Gasteiger partial charge in [-0.2, -0.15) is 0 Å². The van der Waals surface area contributed by atoms with Crippen LogP contribution < -0.4 is 6.15 Å². The van der Waals surface area contributed by atoms with E-state index in [-0.39, 0.29) is 17.0 Å². The lowest BCUT2D eigenvalue weighted by atomic mass is 9.78. The molecule has 0 unspecified atom stereocenters. The summed E-state index contributed by atoms with van der Waals surface area (Å²) >= 11 is 0. The second kappa shape index (κ2) is 4.31. The van der Waals surface area contributed by atoms with Gasteiger partial charge < -0.3 is 6.15 Å². The van der Waals surface area contributed by atoms with E-state index >= 15 is 0 Å². The summed E-state index contributed by atoms with van der Waals surface area (Å²) in [4.78, 5) is 4.52. The monoisotopic (exact) mass is 208 g/mol. The van der Waals surface area contributed by atoms with Crippen molar-refractivity contribution in [3.8, 4) is 0 Å². The minimum Gasteiger partial charge on any atom is -0.344 e. The fourth-order valence-corrected chi connectivity index (χ4v) is 1.61. The smallest absolute Gasteiger partial charge is 0.0494 e. The van der Waals surface area contributed by atoms with Crippen LogP contribution in [-0.2, 0) is 10.8 Å². The van der Waals surface area contributed by atoms with Gasteiger partial charge in [0.05, 0.1) is 0 Å². The molecule has 0 aliphatic carbocycles. The molecule has 1 aromatic rings. The van der Waals surface area contributed by atoms with Crippen LogP contribution in [0.4, 0.5) is 0 Å². The maximum Gasteiger partial charge on any atom is 0.0494 e. The quantitative estimate of drug-likeness (QED) is 0.704. The second-order valence-electron chi connectivity index (χ2n) is 5.90. The zero-order valence-corrected chi connectivity index (χ0v) is 10.9. The lowest BCUT2D eigenvalue weighted by Gasteiger charge is -2.28. The fraction of sp³-hybridized carbons (Fsp3) is 0.615. The molecule has 0 aromatic carbocycles. The Kier molecular flexibility index (Phi) is 4.06. The van der Waals surface area contributed by atoms with Crippen molar-refractivity contribution in [3.63, 3.8) is 0 Å². The van der Waals surface area contributed by atoms with E-state index in [4.69, 9.17) is 0 Å². The van der Waals surface area contributed by atoms with Gasteiger partial charge in [-0.15, -0.1) is 0 Å². The van der Waals surface area contributed by atoms with E-state index in [1.165, 1.54) is 11.3 Å². The van der Waals surface area contributed by atoms with Crippen LogP contribution >= 0.6 is 0 Å². The fourth-order valence-electron chi connectivity index (χ4n) is 1.61. The van der Waals surface area contributed by atoms with Crippen molar-refractivity contribution in [2.45, 2.75) is 52.4 Å². The molecule has 86 valence electrons. The second-order valence-corrected chi connectivity index (χ2v) is 5.90. The number of aromatic nitrogens is 1. The summed E-state index contributed by atoms with van der Waals surface area (Å²) < 4.78 is 0. The zero-order chi connectivity index (χ0) is 11.0. The van der Waals surface area contributed by atoms with E-state index in [1.54, 1.807) is 0 Å². The standard InChI is InChI=1S/C13H21N.H3N/c1-12(2,3)10-8-7-9-14-11(10)13(4,5)6;/h7-9H,1-6H3;1H3. The molecule has 0 aliphatic rings. The molecule has 1 rings (SSSR count). The van der Waals surface area contributed by atoms with Gasteiger partial charge in [0.15, 0.2) is 0 Å². The first-order valence-corrected chi connectivity index (χ1v) is 5.19. The van der Waals surface area contributed by atoms with Crippen LogP contribution in [0.25, 0.3) is 0 Å². The van der Waals surface area contributed by atoms with E-state index in [2.05, 4.69) is 52.6 Å². The first kappa shape index (κ1) is 14.1. The van der Waals surface area contributed by atoms with Crippen LogP contribution in [0.3, 0.4) is 0 Å². The Bertz CT molecular complexity index is 283. The highest BCUT2D eigenvalue weighted by Crippen LogP contribution is 2.31. The van der Waals surface area contributed by atoms with Gasteiger partial charge in [0.2, 0.25) is 0 Å². The van der Waals surface area contributed by atoms with Crippen molar-refractivity contribution in [1.82, 2.24) is 11.1 Å². The van der Waals surface area contributed by atoms with Crippen molar-refractivity contribution < 1.29 is 0 Å². The van der Waals surface area contributed by atoms with Crippen molar-refractivity contribution in [1.29, 1.82) is 0 Å². The molecule has 1 aromatic heterocycles. The van der Waals surface area contributed by atoms with Crippen LogP contribution in [-0.4, -0.2) is 4.98 Å². The molecule has 0 aliphatic heterocycles. The third-order valence-corrected chi connectivity index (χ3v) is 2.33. The Morgan fingerprint density at radius 3 is 1.80 bits per heavy atom. The Hall–Kier alpha value is -0.890. The molecule has 0 fully saturated rings. The Morgan fingerprint density at radius 1 is 0.933 bits per heavy atom.